The van der Waals surface area contributed by atoms with Gasteiger partial charge in [-0.3, -0.25) is 9.58 Å². The molecule has 1 aliphatic heterocycles. The molecule has 3 heterocycles. The fourth-order valence-electron chi connectivity index (χ4n) is 3.45. The van der Waals surface area contributed by atoms with Gasteiger partial charge in [0.1, 0.15) is 0 Å². The number of nitrogens with zero attached hydrogens (tertiary/aromatic N) is 5. The first-order chi connectivity index (χ1) is 12.6. The molecular weight excluding hydrogens is 346 g/mol. The van der Waals surface area contributed by atoms with Gasteiger partial charge in [0.05, 0.1) is 11.9 Å². The predicted octanol–water partition coefficient (Wildman–Crippen LogP) is 3.88. The van der Waals surface area contributed by atoms with Crippen LogP contribution < -0.4 is 0 Å². The standard InChI is InChI=1S/C20H22ClN5/c1-3-26-14(2)16(11-23-26)12-25-9-8-19-17(13-25)10-22-20(24-19)15-4-6-18(21)7-5-15/h4-7,10-11H,3,8-9,12-13H2,1-2H3. The summed E-state index contributed by atoms with van der Waals surface area (Å²) >= 11 is 5.97. The summed E-state index contributed by atoms with van der Waals surface area (Å²) in [5.74, 6) is 0.772. The second-order valence-corrected chi connectivity index (χ2v) is 7.14. The Labute approximate surface area is 158 Å². The number of halogens is 1. The lowest BCUT2D eigenvalue weighted by molar-refractivity contribution is 0.242. The lowest BCUT2D eigenvalue weighted by atomic mass is 10.1. The van der Waals surface area contributed by atoms with Gasteiger partial charge in [-0.1, -0.05) is 11.6 Å². The van der Waals surface area contributed by atoms with E-state index in [0.29, 0.717) is 0 Å². The van der Waals surface area contributed by atoms with E-state index in [1.165, 1.54) is 16.8 Å². The summed E-state index contributed by atoms with van der Waals surface area (Å²) in [6.07, 6.45) is 4.91. The first-order valence-corrected chi connectivity index (χ1v) is 9.36. The third kappa shape index (κ3) is 3.37. The summed E-state index contributed by atoms with van der Waals surface area (Å²) in [7, 11) is 0. The maximum atomic E-state index is 5.97. The van der Waals surface area contributed by atoms with Gasteiger partial charge in [0, 0.05) is 66.2 Å². The fourth-order valence-corrected chi connectivity index (χ4v) is 3.57. The van der Waals surface area contributed by atoms with Crippen LogP contribution in [0.15, 0.2) is 36.7 Å². The molecular formula is C20H22ClN5. The zero-order chi connectivity index (χ0) is 18.1. The molecule has 26 heavy (non-hydrogen) atoms. The molecule has 0 fully saturated rings. The summed E-state index contributed by atoms with van der Waals surface area (Å²) in [5.41, 5.74) is 5.93. The Morgan fingerprint density at radius 2 is 1.96 bits per heavy atom. The van der Waals surface area contributed by atoms with E-state index in [1.54, 1.807) is 0 Å². The molecule has 5 nitrogen and oxygen atoms in total. The van der Waals surface area contributed by atoms with Crippen LogP contribution >= 0.6 is 11.6 Å². The van der Waals surface area contributed by atoms with Crippen molar-refractivity contribution in [3.63, 3.8) is 0 Å². The summed E-state index contributed by atoms with van der Waals surface area (Å²) in [5, 5.41) is 5.18. The van der Waals surface area contributed by atoms with Gasteiger partial charge in [0.2, 0.25) is 0 Å². The number of aromatic nitrogens is 4. The molecule has 0 atom stereocenters. The van der Waals surface area contributed by atoms with Crippen LogP contribution in [-0.4, -0.2) is 31.2 Å². The van der Waals surface area contributed by atoms with Crippen molar-refractivity contribution < 1.29 is 0 Å². The Balaban J connectivity index is 1.50. The van der Waals surface area contributed by atoms with Crippen LogP contribution in [0.3, 0.4) is 0 Å². The quantitative estimate of drug-likeness (QED) is 0.702. The van der Waals surface area contributed by atoms with Crippen molar-refractivity contribution in [1.29, 1.82) is 0 Å². The molecule has 1 aliphatic rings. The smallest absolute Gasteiger partial charge is 0.159 e. The molecule has 134 valence electrons. The van der Waals surface area contributed by atoms with Crippen molar-refractivity contribution in [2.24, 2.45) is 0 Å². The SMILES string of the molecule is CCn1ncc(CN2CCc3nc(-c4ccc(Cl)cc4)ncc3C2)c1C. The molecule has 0 radical (unpaired) electrons. The Bertz CT molecular complexity index is 916. The summed E-state index contributed by atoms with van der Waals surface area (Å²) in [4.78, 5) is 11.8. The summed E-state index contributed by atoms with van der Waals surface area (Å²) in [6.45, 7) is 7.98. The second kappa shape index (κ2) is 7.17. The van der Waals surface area contributed by atoms with E-state index < -0.39 is 0 Å². The maximum Gasteiger partial charge on any atom is 0.159 e. The molecule has 0 aliphatic carbocycles. The monoisotopic (exact) mass is 367 g/mol. The van der Waals surface area contributed by atoms with Gasteiger partial charge >= 0.3 is 0 Å². The second-order valence-electron chi connectivity index (χ2n) is 6.70. The lowest BCUT2D eigenvalue weighted by Crippen LogP contribution is -2.31. The molecule has 4 rings (SSSR count). The van der Waals surface area contributed by atoms with E-state index in [1.807, 2.05) is 36.7 Å². The third-order valence-corrected chi connectivity index (χ3v) is 5.27. The van der Waals surface area contributed by atoms with Gasteiger partial charge in [-0.2, -0.15) is 5.10 Å². The Kier molecular flexibility index (Phi) is 4.74. The minimum Gasteiger partial charge on any atom is -0.294 e. The lowest BCUT2D eigenvalue weighted by Gasteiger charge is -2.28. The van der Waals surface area contributed by atoms with Crippen LogP contribution in [0.1, 0.15) is 29.4 Å². The Morgan fingerprint density at radius 3 is 2.69 bits per heavy atom. The molecule has 0 spiro atoms. The maximum absolute atomic E-state index is 5.97. The average molecular weight is 368 g/mol. The largest absolute Gasteiger partial charge is 0.294 e. The van der Waals surface area contributed by atoms with Gasteiger partial charge < -0.3 is 0 Å². The van der Waals surface area contributed by atoms with Crippen molar-refractivity contribution in [2.45, 2.75) is 39.9 Å². The van der Waals surface area contributed by atoms with Crippen LogP contribution in [0.5, 0.6) is 0 Å². The molecule has 0 bridgehead atoms. The number of benzene rings is 1. The molecule has 0 N–H and O–H groups in total. The third-order valence-electron chi connectivity index (χ3n) is 5.01. The number of rotatable bonds is 4. The Morgan fingerprint density at radius 1 is 1.15 bits per heavy atom. The normalized spacial score (nSPS) is 14.4. The zero-order valence-electron chi connectivity index (χ0n) is 15.1. The number of fused-ring (bicyclic) bond motifs is 1. The van der Waals surface area contributed by atoms with Gasteiger partial charge in [-0.15, -0.1) is 0 Å². The fraction of sp³-hybridized carbons (Fsp3) is 0.350. The molecule has 0 saturated carbocycles. The van der Waals surface area contributed by atoms with Crippen LogP contribution in [0, 0.1) is 6.92 Å². The van der Waals surface area contributed by atoms with Crippen molar-refractivity contribution in [2.75, 3.05) is 6.54 Å². The molecule has 2 aromatic heterocycles. The highest BCUT2D eigenvalue weighted by atomic mass is 35.5. The molecule has 0 unspecified atom stereocenters. The zero-order valence-corrected chi connectivity index (χ0v) is 15.9. The highest BCUT2D eigenvalue weighted by Crippen LogP contribution is 2.23. The van der Waals surface area contributed by atoms with Crippen LogP contribution in [0.4, 0.5) is 0 Å². The molecule has 0 amide bonds. The van der Waals surface area contributed by atoms with Gasteiger partial charge in [0.15, 0.2) is 5.82 Å². The van der Waals surface area contributed by atoms with Gasteiger partial charge in [-0.05, 0) is 38.1 Å². The van der Waals surface area contributed by atoms with Crippen LogP contribution in [-0.2, 0) is 26.1 Å². The van der Waals surface area contributed by atoms with E-state index in [-0.39, 0.29) is 0 Å². The van der Waals surface area contributed by atoms with E-state index >= 15 is 0 Å². The number of hydrogen-bond acceptors (Lipinski definition) is 4. The first-order valence-electron chi connectivity index (χ1n) is 8.98. The highest BCUT2D eigenvalue weighted by molar-refractivity contribution is 6.30. The van der Waals surface area contributed by atoms with E-state index in [4.69, 9.17) is 16.6 Å². The Hall–Kier alpha value is -2.24. The number of aryl methyl sites for hydroxylation is 1. The van der Waals surface area contributed by atoms with E-state index in [9.17, 15) is 0 Å². The van der Waals surface area contributed by atoms with Crippen molar-refractivity contribution >= 4 is 11.6 Å². The van der Waals surface area contributed by atoms with E-state index in [0.717, 1.165) is 54.7 Å². The van der Waals surface area contributed by atoms with Crippen molar-refractivity contribution in [1.82, 2.24) is 24.6 Å². The van der Waals surface area contributed by atoms with Crippen molar-refractivity contribution in [3.8, 4) is 11.4 Å². The van der Waals surface area contributed by atoms with E-state index in [2.05, 4.69) is 33.5 Å². The first kappa shape index (κ1) is 17.2. The average Bonchev–Trinajstić information content (AvgIpc) is 3.01. The van der Waals surface area contributed by atoms with Gasteiger partial charge in [0.25, 0.3) is 0 Å². The minimum atomic E-state index is 0.726. The summed E-state index contributed by atoms with van der Waals surface area (Å²) in [6, 6.07) is 7.68. The minimum absolute atomic E-state index is 0.726. The molecule has 0 saturated heterocycles. The predicted molar refractivity (Wildman–Crippen MR) is 103 cm³/mol. The molecule has 6 heteroatoms. The number of hydrogen-bond donors (Lipinski definition) is 0. The van der Waals surface area contributed by atoms with Crippen LogP contribution in [0.25, 0.3) is 11.4 Å². The summed E-state index contributed by atoms with van der Waals surface area (Å²) < 4.78 is 2.05. The highest BCUT2D eigenvalue weighted by Gasteiger charge is 2.20. The molecule has 1 aromatic carbocycles. The van der Waals surface area contributed by atoms with Crippen LogP contribution in [0.2, 0.25) is 5.02 Å². The van der Waals surface area contributed by atoms with Gasteiger partial charge in [-0.25, -0.2) is 9.97 Å². The topological polar surface area (TPSA) is 46.8 Å². The molecule has 3 aromatic rings. The van der Waals surface area contributed by atoms with Crippen molar-refractivity contribution in [3.05, 3.63) is 64.2 Å².